The van der Waals surface area contributed by atoms with Crippen LogP contribution in [-0.4, -0.2) is 75.2 Å². The molecule has 0 bridgehead atoms. The highest BCUT2D eigenvalue weighted by atomic mass is 15.3. The molecular weight excluding hydrogens is 298 g/mol. The second-order valence-corrected chi connectivity index (χ2v) is 7.69. The SMILES string of the molecule is CCNC(=NCC1CN(C)CCN1C)NCCCCC1CCCC1. The molecule has 0 aromatic heterocycles. The minimum atomic E-state index is 0.529. The number of rotatable bonds is 8. The zero-order valence-corrected chi connectivity index (χ0v) is 16.2. The van der Waals surface area contributed by atoms with Crippen molar-refractivity contribution in [2.24, 2.45) is 10.9 Å². The van der Waals surface area contributed by atoms with Gasteiger partial charge in [0.25, 0.3) is 0 Å². The fourth-order valence-corrected chi connectivity index (χ4v) is 3.90. The van der Waals surface area contributed by atoms with Gasteiger partial charge in [0.2, 0.25) is 0 Å². The number of piperazine rings is 1. The maximum atomic E-state index is 4.82. The Kier molecular flexibility index (Phi) is 8.89. The van der Waals surface area contributed by atoms with Gasteiger partial charge in [-0.15, -0.1) is 0 Å². The van der Waals surface area contributed by atoms with E-state index < -0.39 is 0 Å². The van der Waals surface area contributed by atoms with Gasteiger partial charge in [-0.1, -0.05) is 38.5 Å². The van der Waals surface area contributed by atoms with Crippen LogP contribution < -0.4 is 10.6 Å². The van der Waals surface area contributed by atoms with E-state index in [1.807, 2.05) is 0 Å². The number of nitrogens with zero attached hydrogens (tertiary/aromatic N) is 3. The quantitative estimate of drug-likeness (QED) is 0.405. The molecule has 2 aliphatic rings. The van der Waals surface area contributed by atoms with E-state index in [4.69, 9.17) is 4.99 Å². The minimum absolute atomic E-state index is 0.529. The zero-order valence-electron chi connectivity index (χ0n) is 16.2. The number of unbranched alkanes of at least 4 members (excludes halogenated alkanes) is 1. The van der Waals surface area contributed by atoms with Crippen molar-refractivity contribution in [1.29, 1.82) is 0 Å². The van der Waals surface area contributed by atoms with E-state index in [1.54, 1.807) is 0 Å². The summed E-state index contributed by atoms with van der Waals surface area (Å²) in [4.78, 5) is 9.67. The predicted molar refractivity (Wildman–Crippen MR) is 104 cm³/mol. The van der Waals surface area contributed by atoms with Crippen molar-refractivity contribution >= 4 is 5.96 Å². The molecule has 2 fully saturated rings. The first-order valence-electron chi connectivity index (χ1n) is 10.1. The van der Waals surface area contributed by atoms with E-state index >= 15 is 0 Å². The minimum Gasteiger partial charge on any atom is -0.357 e. The molecule has 1 atom stereocenters. The molecular formula is C19H39N5. The topological polar surface area (TPSA) is 42.9 Å². The van der Waals surface area contributed by atoms with Crippen LogP contribution in [0.25, 0.3) is 0 Å². The van der Waals surface area contributed by atoms with E-state index in [-0.39, 0.29) is 0 Å². The van der Waals surface area contributed by atoms with Crippen molar-refractivity contribution in [2.75, 3.05) is 53.4 Å². The van der Waals surface area contributed by atoms with Crippen LogP contribution in [-0.2, 0) is 0 Å². The second kappa shape index (κ2) is 10.9. The van der Waals surface area contributed by atoms with Gasteiger partial charge in [0.15, 0.2) is 5.96 Å². The Hall–Kier alpha value is -0.810. The van der Waals surface area contributed by atoms with Crippen molar-refractivity contribution in [1.82, 2.24) is 20.4 Å². The molecule has 0 aromatic carbocycles. The molecule has 0 spiro atoms. The Balaban J connectivity index is 1.65. The molecule has 1 saturated heterocycles. The van der Waals surface area contributed by atoms with Gasteiger partial charge in [0, 0.05) is 38.8 Å². The lowest BCUT2D eigenvalue weighted by atomic mass is 10.0. The van der Waals surface area contributed by atoms with Crippen molar-refractivity contribution in [3.63, 3.8) is 0 Å². The summed E-state index contributed by atoms with van der Waals surface area (Å²) in [6, 6.07) is 0.529. The number of aliphatic imine (C=N–C) groups is 1. The van der Waals surface area contributed by atoms with Gasteiger partial charge < -0.3 is 15.5 Å². The maximum absolute atomic E-state index is 4.82. The first-order chi connectivity index (χ1) is 11.7. The molecule has 1 saturated carbocycles. The highest BCUT2D eigenvalue weighted by Gasteiger charge is 2.21. The molecule has 5 heteroatoms. The lowest BCUT2D eigenvalue weighted by Gasteiger charge is -2.36. The van der Waals surface area contributed by atoms with Crippen LogP contribution in [0.3, 0.4) is 0 Å². The van der Waals surface area contributed by atoms with Crippen LogP contribution in [0.4, 0.5) is 0 Å². The standard InChI is InChI=1S/C19H39N5/c1-4-20-19(21-12-8-7-11-17-9-5-6-10-17)22-15-18-16-23(2)13-14-24(18)3/h17-18H,4-16H2,1-3H3,(H2,20,21,22). The highest BCUT2D eigenvalue weighted by molar-refractivity contribution is 5.79. The molecule has 140 valence electrons. The Morgan fingerprint density at radius 1 is 1.08 bits per heavy atom. The van der Waals surface area contributed by atoms with Crippen LogP contribution in [0, 0.1) is 5.92 Å². The van der Waals surface area contributed by atoms with Gasteiger partial charge in [-0.3, -0.25) is 9.89 Å². The Labute approximate surface area is 149 Å². The summed E-state index contributed by atoms with van der Waals surface area (Å²) in [6.07, 6.45) is 9.91. The Morgan fingerprint density at radius 3 is 2.62 bits per heavy atom. The zero-order chi connectivity index (χ0) is 17.2. The van der Waals surface area contributed by atoms with Gasteiger partial charge >= 0.3 is 0 Å². The van der Waals surface area contributed by atoms with Gasteiger partial charge in [-0.2, -0.15) is 0 Å². The van der Waals surface area contributed by atoms with Crippen molar-refractivity contribution in [3.05, 3.63) is 0 Å². The summed E-state index contributed by atoms with van der Waals surface area (Å²) >= 11 is 0. The van der Waals surface area contributed by atoms with Crippen LogP contribution >= 0.6 is 0 Å². The molecule has 0 amide bonds. The summed E-state index contributed by atoms with van der Waals surface area (Å²) in [5.41, 5.74) is 0. The predicted octanol–water partition coefficient (Wildman–Crippen LogP) is 2.15. The summed E-state index contributed by atoms with van der Waals surface area (Å²) < 4.78 is 0. The van der Waals surface area contributed by atoms with Gasteiger partial charge in [0.1, 0.15) is 0 Å². The number of hydrogen-bond acceptors (Lipinski definition) is 3. The number of guanidine groups is 1. The van der Waals surface area contributed by atoms with Gasteiger partial charge in [-0.25, -0.2) is 0 Å². The Morgan fingerprint density at radius 2 is 1.88 bits per heavy atom. The molecule has 1 heterocycles. The lowest BCUT2D eigenvalue weighted by Crippen LogP contribution is -2.51. The van der Waals surface area contributed by atoms with Crippen LogP contribution in [0.15, 0.2) is 4.99 Å². The van der Waals surface area contributed by atoms with E-state index in [2.05, 4.69) is 41.5 Å². The van der Waals surface area contributed by atoms with Gasteiger partial charge in [-0.05, 0) is 33.4 Å². The third kappa shape index (κ3) is 6.98. The van der Waals surface area contributed by atoms with E-state index in [9.17, 15) is 0 Å². The number of hydrogen-bond donors (Lipinski definition) is 2. The molecule has 24 heavy (non-hydrogen) atoms. The number of likely N-dealkylation sites (N-methyl/N-ethyl adjacent to an activating group) is 2. The fourth-order valence-electron chi connectivity index (χ4n) is 3.90. The monoisotopic (exact) mass is 337 g/mol. The lowest BCUT2D eigenvalue weighted by molar-refractivity contribution is 0.119. The second-order valence-electron chi connectivity index (χ2n) is 7.69. The van der Waals surface area contributed by atoms with Crippen LogP contribution in [0.5, 0.6) is 0 Å². The molecule has 1 unspecified atom stereocenters. The first kappa shape index (κ1) is 19.5. The molecule has 5 nitrogen and oxygen atoms in total. The molecule has 0 aromatic rings. The third-order valence-electron chi connectivity index (χ3n) is 5.59. The summed E-state index contributed by atoms with van der Waals surface area (Å²) in [5, 5.41) is 6.91. The molecule has 2 rings (SSSR count). The molecule has 0 radical (unpaired) electrons. The van der Waals surface area contributed by atoms with E-state index in [1.165, 1.54) is 44.9 Å². The number of nitrogens with one attached hydrogen (secondary N) is 2. The summed E-state index contributed by atoms with van der Waals surface area (Å²) in [5.74, 6) is 2.01. The summed E-state index contributed by atoms with van der Waals surface area (Å²) in [6.45, 7) is 8.39. The van der Waals surface area contributed by atoms with E-state index in [0.29, 0.717) is 6.04 Å². The van der Waals surface area contributed by atoms with Crippen molar-refractivity contribution in [3.8, 4) is 0 Å². The molecule has 2 N–H and O–H groups in total. The molecule has 1 aliphatic carbocycles. The average molecular weight is 338 g/mol. The third-order valence-corrected chi connectivity index (χ3v) is 5.59. The van der Waals surface area contributed by atoms with Gasteiger partial charge in [0.05, 0.1) is 6.54 Å². The summed E-state index contributed by atoms with van der Waals surface area (Å²) in [7, 11) is 4.42. The smallest absolute Gasteiger partial charge is 0.191 e. The average Bonchev–Trinajstić information content (AvgIpc) is 3.08. The normalized spacial score (nSPS) is 24.5. The van der Waals surface area contributed by atoms with Crippen molar-refractivity contribution < 1.29 is 0 Å². The van der Waals surface area contributed by atoms with E-state index in [0.717, 1.165) is 51.1 Å². The van der Waals surface area contributed by atoms with Crippen LogP contribution in [0.1, 0.15) is 51.9 Å². The fraction of sp³-hybridized carbons (Fsp3) is 0.947. The first-order valence-corrected chi connectivity index (χ1v) is 10.1. The maximum Gasteiger partial charge on any atom is 0.191 e. The Bertz CT molecular complexity index is 365. The molecule has 1 aliphatic heterocycles. The highest BCUT2D eigenvalue weighted by Crippen LogP contribution is 2.28. The van der Waals surface area contributed by atoms with Crippen LogP contribution in [0.2, 0.25) is 0 Å². The largest absolute Gasteiger partial charge is 0.357 e. The van der Waals surface area contributed by atoms with Crippen molar-refractivity contribution in [2.45, 2.75) is 57.9 Å².